The molecule has 0 atom stereocenters. The Morgan fingerprint density at radius 1 is 0.889 bits per heavy atom. The topological polar surface area (TPSA) is 33.0 Å². The van der Waals surface area contributed by atoms with Crippen LogP contribution in [0.1, 0.15) is 62.8 Å². The fourth-order valence-electron chi connectivity index (χ4n) is 4.85. The highest BCUT2D eigenvalue weighted by molar-refractivity contribution is 5.29. The van der Waals surface area contributed by atoms with Gasteiger partial charge in [0.2, 0.25) is 0 Å². The van der Waals surface area contributed by atoms with Gasteiger partial charge >= 0.3 is 6.36 Å². The Bertz CT molecular complexity index is 658. The van der Waals surface area contributed by atoms with Gasteiger partial charge in [0.25, 0.3) is 0 Å². The van der Waals surface area contributed by atoms with Crippen LogP contribution in [0.3, 0.4) is 0 Å². The molecule has 1 aromatic carbocycles. The second kappa shape index (κ2) is 8.82. The molecule has 0 unspecified atom stereocenters. The molecule has 27 heavy (non-hydrogen) atoms. The molecule has 0 heterocycles. The number of halogens is 3. The Hall–Kier alpha value is -1.96. The number of rotatable bonds is 4. The monoisotopic (exact) mass is 377 g/mol. The summed E-state index contributed by atoms with van der Waals surface area (Å²) in [5.41, 5.74) is 1.12. The van der Waals surface area contributed by atoms with Crippen LogP contribution in [0.25, 0.3) is 0 Å². The van der Waals surface area contributed by atoms with Gasteiger partial charge in [0, 0.05) is 6.08 Å². The zero-order chi connectivity index (χ0) is 19.3. The van der Waals surface area contributed by atoms with E-state index in [9.17, 15) is 13.2 Å². The van der Waals surface area contributed by atoms with Crippen molar-refractivity contribution in [1.29, 1.82) is 5.26 Å². The van der Waals surface area contributed by atoms with Crippen molar-refractivity contribution in [2.75, 3.05) is 0 Å². The van der Waals surface area contributed by atoms with Crippen molar-refractivity contribution in [2.24, 2.45) is 17.8 Å². The minimum atomic E-state index is -4.64. The Kier molecular flexibility index (Phi) is 6.46. The van der Waals surface area contributed by atoms with Crippen LogP contribution in [-0.4, -0.2) is 6.36 Å². The Balaban J connectivity index is 1.47. The van der Waals surface area contributed by atoms with Gasteiger partial charge < -0.3 is 4.74 Å². The predicted molar refractivity (Wildman–Crippen MR) is 98.0 cm³/mol. The Morgan fingerprint density at radius 2 is 1.44 bits per heavy atom. The standard InChI is InChI=1S/C22H26F3NO/c23-22(24,25)27-21-13-11-20(12-14-21)19-9-7-18(8-10-19)17-5-3-16(4-6-17)2-1-15-26/h1-2,11-14,16-19H,3-10H2. The van der Waals surface area contributed by atoms with Crippen LogP contribution >= 0.6 is 0 Å². The third-order valence-corrected chi connectivity index (χ3v) is 6.28. The predicted octanol–water partition coefficient (Wildman–Crippen LogP) is 6.75. The second-order valence-electron chi connectivity index (χ2n) is 7.89. The number of alkyl halides is 3. The van der Waals surface area contributed by atoms with E-state index >= 15 is 0 Å². The number of allylic oxidation sites excluding steroid dienone is 2. The first-order valence-electron chi connectivity index (χ1n) is 9.86. The van der Waals surface area contributed by atoms with E-state index < -0.39 is 6.36 Å². The zero-order valence-corrected chi connectivity index (χ0v) is 15.4. The van der Waals surface area contributed by atoms with Crippen molar-refractivity contribution < 1.29 is 17.9 Å². The van der Waals surface area contributed by atoms with Crippen LogP contribution in [0.5, 0.6) is 5.75 Å². The summed E-state index contributed by atoms with van der Waals surface area (Å²) in [6.45, 7) is 0. The van der Waals surface area contributed by atoms with Gasteiger partial charge in [-0.2, -0.15) is 5.26 Å². The number of nitriles is 1. The van der Waals surface area contributed by atoms with Gasteiger partial charge in [-0.3, -0.25) is 0 Å². The summed E-state index contributed by atoms with van der Waals surface area (Å²) >= 11 is 0. The van der Waals surface area contributed by atoms with Crippen molar-refractivity contribution in [3.8, 4) is 11.8 Å². The molecule has 1 aromatic rings. The Labute approximate surface area is 159 Å². The lowest BCUT2D eigenvalue weighted by molar-refractivity contribution is -0.274. The van der Waals surface area contributed by atoms with Crippen molar-refractivity contribution in [2.45, 2.75) is 63.6 Å². The van der Waals surface area contributed by atoms with Crippen LogP contribution in [0.15, 0.2) is 36.4 Å². The zero-order valence-electron chi connectivity index (χ0n) is 15.4. The molecule has 0 bridgehead atoms. The summed E-state index contributed by atoms with van der Waals surface area (Å²) in [6, 6.07) is 8.48. The molecule has 2 aliphatic rings. The highest BCUT2D eigenvalue weighted by atomic mass is 19.4. The average Bonchev–Trinajstić information content (AvgIpc) is 2.66. The van der Waals surface area contributed by atoms with E-state index in [2.05, 4.69) is 16.9 Å². The minimum absolute atomic E-state index is 0.151. The minimum Gasteiger partial charge on any atom is -0.406 e. The highest BCUT2D eigenvalue weighted by Crippen LogP contribution is 2.44. The van der Waals surface area contributed by atoms with Crippen molar-refractivity contribution in [3.05, 3.63) is 42.0 Å². The molecule has 0 amide bonds. The molecule has 0 spiro atoms. The number of ether oxygens (including phenoxy) is 1. The Morgan fingerprint density at radius 3 is 1.96 bits per heavy atom. The van der Waals surface area contributed by atoms with E-state index in [0.717, 1.165) is 30.2 Å². The summed E-state index contributed by atoms with van der Waals surface area (Å²) in [5, 5.41) is 8.64. The molecule has 0 saturated heterocycles. The summed E-state index contributed by atoms with van der Waals surface area (Å²) < 4.78 is 40.7. The number of hydrogen-bond acceptors (Lipinski definition) is 2. The van der Waals surface area contributed by atoms with Gasteiger partial charge in [-0.25, -0.2) is 0 Å². The lowest BCUT2D eigenvalue weighted by Gasteiger charge is -2.37. The van der Waals surface area contributed by atoms with Crippen molar-refractivity contribution in [3.63, 3.8) is 0 Å². The molecule has 146 valence electrons. The molecule has 0 aliphatic heterocycles. The molecule has 0 N–H and O–H groups in total. The van der Waals surface area contributed by atoms with E-state index in [1.54, 1.807) is 18.2 Å². The molecule has 3 rings (SSSR count). The number of hydrogen-bond donors (Lipinski definition) is 0. The van der Waals surface area contributed by atoms with Crippen molar-refractivity contribution in [1.82, 2.24) is 0 Å². The summed E-state index contributed by atoms with van der Waals surface area (Å²) in [5.74, 6) is 2.42. The van der Waals surface area contributed by atoms with Gasteiger partial charge in [-0.05, 0) is 92.7 Å². The van der Waals surface area contributed by atoms with Gasteiger partial charge in [-0.1, -0.05) is 18.2 Å². The van der Waals surface area contributed by atoms with Crippen LogP contribution in [0, 0.1) is 29.1 Å². The summed E-state index contributed by atoms with van der Waals surface area (Å²) in [6.07, 6.45) is 8.52. The molecule has 2 fully saturated rings. The largest absolute Gasteiger partial charge is 0.573 e. The maximum atomic E-state index is 12.3. The quantitative estimate of drug-likeness (QED) is 0.544. The lowest BCUT2D eigenvalue weighted by Crippen LogP contribution is -2.25. The first kappa shape index (κ1) is 19.8. The molecule has 2 nitrogen and oxygen atoms in total. The molecule has 5 heteroatoms. The molecule has 2 saturated carbocycles. The summed E-state index contributed by atoms with van der Waals surface area (Å²) in [7, 11) is 0. The fraction of sp³-hybridized carbons (Fsp3) is 0.591. The fourth-order valence-corrected chi connectivity index (χ4v) is 4.85. The van der Waals surface area contributed by atoms with E-state index in [0.29, 0.717) is 11.8 Å². The molecular weight excluding hydrogens is 351 g/mol. The normalized spacial score (nSPS) is 29.4. The van der Waals surface area contributed by atoms with E-state index in [1.165, 1.54) is 50.7 Å². The van der Waals surface area contributed by atoms with Gasteiger partial charge in [0.15, 0.2) is 0 Å². The summed E-state index contributed by atoms with van der Waals surface area (Å²) in [4.78, 5) is 0. The van der Waals surface area contributed by atoms with Crippen LogP contribution < -0.4 is 4.74 Å². The second-order valence-corrected chi connectivity index (χ2v) is 7.89. The van der Waals surface area contributed by atoms with Crippen LogP contribution in [-0.2, 0) is 0 Å². The number of benzene rings is 1. The molecule has 0 radical (unpaired) electrons. The lowest BCUT2D eigenvalue weighted by atomic mass is 9.68. The first-order chi connectivity index (χ1) is 12.9. The molecule has 0 aromatic heterocycles. The maximum Gasteiger partial charge on any atom is 0.573 e. The maximum absolute atomic E-state index is 12.3. The SMILES string of the molecule is N#CC=CC1CCC(C2CCC(c3ccc(OC(F)(F)F)cc3)CC2)CC1. The smallest absolute Gasteiger partial charge is 0.406 e. The van der Waals surface area contributed by atoms with Crippen LogP contribution in [0.2, 0.25) is 0 Å². The molecular formula is C22H26F3NO. The third kappa shape index (κ3) is 5.76. The van der Waals surface area contributed by atoms with Gasteiger partial charge in [-0.15, -0.1) is 13.2 Å². The van der Waals surface area contributed by atoms with E-state index in [1.807, 2.05) is 0 Å². The highest BCUT2D eigenvalue weighted by Gasteiger charge is 2.32. The van der Waals surface area contributed by atoms with Crippen molar-refractivity contribution >= 4 is 0 Å². The average molecular weight is 377 g/mol. The van der Waals surface area contributed by atoms with E-state index in [4.69, 9.17) is 5.26 Å². The van der Waals surface area contributed by atoms with E-state index in [-0.39, 0.29) is 5.75 Å². The van der Waals surface area contributed by atoms with Gasteiger partial charge in [0.1, 0.15) is 5.75 Å². The van der Waals surface area contributed by atoms with Gasteiger partial charge in [0.05, 0.1) is 6.07 Å². The number of nitrogens with zero attached hydrogens (tertiary/aromatic N) is 1. The first-order valence-corrected chi connectivity index (χ1v) is 9.86. The van der Waals surface area contributed by atoms with Crippen LogP contribution in [0.4, 0.5) is 13.2 Å². The third-order valence-electron chi connectivity index (χ3n) is 6.28. The molecule has 2 aliphatic carbocycles.